The van der Waals surface area contributed by atoms with Crippen LogP contribution in [-0.2, 0) is 6.54 Å². The Morgan fingerprint density at radius 3 is 2.25 bits per heavy atom. The maximum atomic E-state index is 5.54. The molecule has 0 spiro atoms. The highest BCUT2D eigenvalue weighted by Gasteiger charge is 2.15. The largest absolute Gasteiger partial charge is 0.325 e. The van der Waals surface area contributed by atoms with Crippen LogP contribution in [-0.4, -0.2) is 10.2 Å². The van der Waals surface area contributed by atoms with Crippen LogP contribution < -0.4 is 5.73 Å². The first-order valence-electron chi connectivity index (χ1n) is 7.50. The predicted octanol–water partition coefficient (Wildman–Crippen LogP) is 3.65. The molecule has 104 valence electrons. The maximum absolute atomic E-state index is 5.54. The van der Waals surface area contributed by atoms with Crippen LogP contribution in [0.2, 0.25) is 0 Å². The number of nitrogens with two attached hydrogens (primary N) is 1. The van der Waals surface area contributed by atoms with Gasteiger partial charge in [0.25, 0.3) is 0 Å². The van der Waals surface area contributed by atoms with Gasteiger partial charge in [-0.1, -0.05) is 43.5 Å². The summed E-state index contributed by atoms with van der Waals surface area (Å²) in [6.45, 7) is 0.438. The van der Waals surface area contributed by atoms with Gasteiger partial charge in [0.1, 0.15) is 0 Å². The second-order valence-corrected chi connectivity index (χ2v) is 5.57. The van der Waals surface area contributed by atoms with E-state index in [1.54, 1.807) is 0 Å². The van der Waals surface area contributed by atoms with Gasteiger partial charge in [-0.2, -0.15) is 10.2 Å². The normalized spacial score (nSPS) is 16.2. The fraction of sp³-hybridized carbons (Fsp3) is 0.412. The van der Waals surface area contributed by atoms with Gasteiger partial charge in [0.15, 0.2) is 0 Å². The summed E-state index contributed by atoms with van der Waals surface area (Å²) in [7, 11) is 0. The van der Waals surface area contributed by atoms with Crippen molar-refractivity contribution >= 4 is 0 Å². The number of hydrogen-bond donors (Lipinski definition) is 1. The summed E-state index contributed by atoms with van der Waals surface area (Å²) in [6, 6.07) is 12.8. The Balaban J connectivity index is 1.77. The summed E-state index contributed by atoms with van der Waals surface area (Å²) >= 11 is 0. The van der Waals surface area contributed by atoms with Gasteiger partial charge in [0.05, 0.1) is 11.4 Å². The molecular weight excluding hydrogens is 246 g/mol. The summed E-state index contributed by atoms with van der Waals surface area (Å²) in [5.74, 6) is 0.753. The lowest BCUT2D eigenvalue weighted by molar-refractivity contribution is 0.443. The van der Waals surface area contributed by atoms with Crippen LogP contribution in [0, 0.1) is 0 Å². The summed E-state index contributed by atoms with van der Waals surface area (Å²) in [4.78, 5) is 0. The average Bonchev–Trinajstić information content (AvgIpc) is 2.56. The van der Waals surface area contributed by atoms with Gasteiger partial charge in [-0.3, -0.25) is 0 Å². The van der Waals surface area contributed by atoms with Crippen LogP contribution >= 0.6 is 0 Å². The van der Waals surface area contributed by atoms with Gasteiger partial charge < -0.3 is 5.73 Å². The number of aromatic nitrogens is 2. The van der Waals surface area contributed by atoms with E-state index in [1.165, 1.54) is 37.7 Å². The van der Waals surface area contributed by atoms with E-state index in [0.717, 1.165) is 22.9 Å². The number of benzene rings is 1. The molecule has 3 nitrogen and oxygen atoms in total. The summed E-state index contributed by atoms with van der Waals surface area (Å²) in [5.41, 5.74) is 9.88. The highest BCUT2D eigenvalue weighted by atomic mass is 15.1. The summed E-state index contributed by atoms with van der Waals surface area (Å²) < 4.78 is 0. The lowest BCUT2D eigenvalue weighted by Gasteiger charge is -2.22. The molecule has 1 fully saturated rings. The highest BCUT2D eigenvalue weighted by Crippen LogP contribution is 2.33. The quantitative estimate of drug-likeness (QED) is 0.923. The minimum atomic E-state index is 0.438. The molecule has 0 bridgehead atoms. The van der Waals surface area contributed by atoms with Crippen LogP contribution in [0.15, 0.2) is 36.4 Å². The molecule has 1 aliphatic carbocycles. The van der Waals surface area contributed by atoms with Crippen molar-refractivity contribution in [2.24, 2.45) is 5.73 Å². The third-order valence-electron chi connectivity index (χ3n) is 4.21. The molecule has 0 aliphatic heterocycles. The molecule has 1 aliphatic rings. The van der Waals surface area contributed by atoms with Crippen LogP contribution in [0.3, 0.4) is 0 Å². The van der Waals surface area contributed by atoms with Crippen LogP contribution in [0.1, 0.15) is 49.3 Å². The van der Waals surface area contributed by atoms with Crippen molar-refractivity contribution in [2.45, 2.75) is 44.6 Å². The molecule has 1 saturated carbocycles. The third-order valence-corrected chi connectivity index (χ3v) is 4.21. The molecule has 3 heteroatoms. The monoisotopic (exact) mass is 267 g/mol. The smallest absolute Gasteiger partial charge is 0.0929 e. The van der Waals surface area contributed by atoms with Gasteiger partial charge in [-0.25, -0.2) is 0 Å². The Hall–Kier alpha value is -1.74. The van der Waals surface area contributed by atoms with Gasteiger partial charge >= 0.3 is 0 Å². The van der Waals surface area contributed by atoms with Crippen LogP contribution in [0.25, 0.3) is 11.3 Å². The topological polar surface area (TPSA) is 51.8 Å². The Kier molecular flexibility index (Phi) is 4.07. The van der Waals surface area contributed by atoms with Gasteiger partial charge in [-0.05, 0) is 36.5 Å². The molecule has 1 aromatic carbocycles. The first kappa shape index (κ1) is 13.3. The predicted molar refractivity (Wildman–Crippen MR) is 81.2 cm³/mol. The average molecular weight is 267 g/mol. The van der Waals surface area contributed by atoms with Gasteiger partial charge in [0, 0.05) is 12.1 Å². The van der Waals surface area contributed by atoms with E-state index in [-0.39, 0.29) is 0 Å². The lowest BCUT2D eigenvalue weighted by atomic mass is 9.84. The molecule has 20 heavy (non-hydrogen) atoms. The minimum absolute atomic E-state index is 0.438. The Bertz CT molecular complexity index is 539. The Morgan fingerprint density at radius 1 is 0.900 bits per heavy atom. The van der Waals surface area contributed by atoms with Crippen LogP contribution in [0.4, 0.5) is 0 Å². The van der Waals surface area contributed by atoms with Gasteiger partial charge in [0.2, 0.25) is 0 Å². The van der Waals surface area contributed by atoms with E-state index in [9.17, 15) is 0 Å². The molecule has 0 amide bonds. The van der Waals surface area contributed by atoms with E-state index in [4.69, 9.17) is 5.73 Å². The first-order chi connectivity index (χ1) is 9.86. The third kappa shape index (κ3) is 2.88. The molecule has 0 atom stereocenters. The summed E-state index contributed by atoms with van der Waals surface area (Å²) in [5, 5.41) is 8.34. The van der Waals surface area contributed by atoms with E-state index >= 15 is 0 Å². The molecule has 3 rings (SSSR count). The second kappa shape index (κ2) is 6.14. The van der Waals surface area contributed by atoms with Crippen molar-refractivity contribution in [3.8, 4) is 11.3 Å². The Labute approximate surface area is 120 Å². The standard InChI is InChI=1S/C17H21N3/c18-12-16-10-11-17(20-19-16)15-8-6-14(7-9-15)13-4-2-1-3-5-13/h6-11,13H,1-5,12,18H2. The van der Waals surface area contributed by atoms with E-state index in [0.29, 0.717) is 6.54 Å². The fourth-order valence-corrected chi connectivity index (χ4v) is 2.98. The van der Waals surface area contributed by atoms with Crippen molar-refractivity contribution in [2.75, 3.05) is 0 Å². The van der Waals surface area contributed by atoms with E-state index in [1.807, 2.05) is 12.1 Å². The van der Waals surface area contributed by atoms with E-state index < -0.39 is 0 Å². The number of rotatable bonds is 3. The van der Waals surface area contributed by atoms with E-state index in [2.05, 4.69) is 34.5 Å². The van der Waals surface area contributed by atoms with Crippen molar-refractivity contribution in [3.63, 3.8) is 0 Å². The molecule has 0 radical (unpaired) electrons. The van der Waals surface area contributed by atoms with Crippen molar-refractivity contribution in [3.05, 3.63) is 47.7 Å². The lowest BCUT2D eigenvalue weighted by Crippen LogP contribution is -2.04. The molecule has 1 heterocycles. The van der Waals surface area contributed by atoms with Gasteiger partial charge in [-0.15, -0.1) is 0 Å². The molecule has 0 saturated heterocycles. The highest BCUT2D eigenvalue weighted by molar-refractivity contribution is 5.58. The molecule has 1 aromatic heterocycles. The van der Waals surface area contributed by atoms with Crippen molar-refractivity contribution < 1.29 is 0 Å². The number of hydrogen-bond acceptors (Lipinski definition) is 3. The zero-order chi connectivity index (χ0) is 13.8. The molecule has 2 aromatic rings. The van der Waals surface area contributed by atoms with Crippen molar-refractivity contribution in [1.82, 2.24) is 10.2 Å². The molecule has 2 N–H and O–H groups in total. The molecular formula is C17H21N3. The zero-order valence-corrected chi connectivity index (χ0v) is 11.8. The Morgan fingerprint density at radius 2 is 1.65 bits per heavy atom. The summed E-state index contributed by atoms with van der Waals surface area (Å²) in [6.07, 6.45) is 6.82. The first-order valence-corrected chi connectivity index (χ1v) is 7.50. The minimum Gasteiger partial charge on any atom is -0.325 e. The SMILES string of the molecule is NCc1ccc(-c2ccc(C3CCCCC3)cc2)nn1. The maximum Gasteiger partial charge on any atom is 0.0929 e. The van der Waals surface area contributed by atoms with Crippen LogP contribution in [0.5, 0.6) is 0 Å². The molecule has 0 unspecified atom stereocenters. The second-order valence-electron chi connectivity index (χ2n) is 5.57. The fourth-order valence-electron chi connectivity index (χ4n) is 2.98. The van der Waals surface area contributed by atoms with Crippen molar-refractivity contribution in [1.29, 1.82) is 0 Å². The number of nitrogens with zero attached hydrogens (tertiary/aromatic N) is 2. The zero-order valence-electron chi connectivity index (χ0n) is 11.8.